The van der Waals surface area contributed by atoms with Gasteiger partial charge in [-0.1, -0.05) is 33.8 Å². The van der Waals surface area contributed by atoms with Crippen LogP contribution in [0.3, 0.4) is 0 Å². The number of nitro groups is 1. The Labute approximate surface area is 392 Å². The number of methoxy groups -OCH3 is 1. The van der Waals surface area contributed by atoms with Gasteiger partial charge in [0.15, 0.2) is 11.9 Å². The number of carbonyl (C=O) groups excluding carboxylic acids is 4. The van der Waals surface area contributed by atoms with Gasteiger partial charge < -0.3 is 38.4 Å². The van der Waals surface area contributed by atoms with Gasteiger partial charge in [-0.15, -0.1) is 0 Å². The molecule has 3 saturated heterocycles. The fraction of sp³-hybridized carbons (Fsp3) is 0.674. The number of nitro benzene ring substituents is 1. The fourth-order valence-electron chi connectivity index (χ4n) is 10.0. The first-order chi connectivity index (χ1) is 31.4. The number of esters is 2. The van der Waals surface area contributed by atoms with Crippen molar-refractivity contribution in [3.8, 4) is 0 Å². The first kappa shape index (κ1) is 53.3. The molecule has 0 aliphatic carbocycles. The number of nitrogens with one attached hydrogen (secondary N) is 1. The fourth-order valence-corrected chi connectivity index (χ4v) is 11.1. The summed E-state index contributed by atoms with van der Waals surface area (Å²) in [7, 11) is 0.901. The normalized spacial score (nSPS) is 34.5. The summed E-state index contributed by atoms with van der Waals surface area (Å²) in [5.74, 6) is -5.78. The van der Waals surface area contributed by atoms with Gasteiger partial charge in [-0.3, -0.25) is 34.4 Å². The van der Waals surface area contributed by atoms with Crippen molar-refractivity contribution in [3.05, 3.63) is 64.5 Å². The zero-order valence-corrected chi connectivity index (χ0v) is 41.0. The molecule has 14 atom stereocenters. The van der Waals surface area contributed by atoms with Crippen molar-refractivity contribution in [2.24, 2.45) is 23.7 Å². The maximum Gasteiger partial charge on any atom is 0.410 e. The number of non-ortho nitro benzene ring substituents is 1. The van der Waals surface area contributed by atoms with E-state index < -0.39 is 105 Å². The van der Waals surface area contributed by atoms with Gasteiger partial charge in [-0.2, -0.15) is 0 Å². The molecule has 4 heterocycles. The Morgan fingerprint density at radius 1 is 1.06 bits per heavy atom. The average Bonchev–Trinajstić information content (AvgIpc) is 3.54. The molecule has 3 aliphatic heterocycles. The number of likely N-dealkylation sites (N-methyl/N-ethyl adjacent to an activating group) is 1. The van der Waals surface area contributed by atoms with Gasteiger partial charge in [0.2, 0.25) is 10.0 Å². The molecular formula is C46H67N5O15S. The summed E-state index contributed by atoms with van der Waals surface area (Å²) in [6.07, 6.45) is -5.25. The highest BCUT2D eigenvalue weighted by Gasteiger charge is 2.60. The van der Waals surface area contributed by atoms with E-state index in [2.05, 4.69) is 9.71 Å². The van der Waals surface area contributed by atoms with Gasteiger partial charge in [-0.05, 0) is 85.3 Å². The highest BCUT2D eigenvalue weighted by Crippen LogP contribution is 2.44. The molecule has 2 N–H and O–H groups in total. The summed E-state index contributed by atoms with van der Waals surface area (Å²) in [5.41, 5.74) is -2.95. The Kier molecular flexibility index (Phi) is 17.3. The first-order valence-electron chi connectivity index (χ1n) is 22.7. The minimum Gasteiger partial charge on any atom is -0.461 e. The number of ketones is 1. The van der Waals surface area contributed by atoms with Crippen molar-refractivity contribution < 1.29 is 66.0 Å². The molecule has 0 radical (unpaired) electrons. The van der Waals surface area contributed by atoms with Crippen molar-refractivity contribution >= 4 is 39.5 Å². The lowest BCUT2D eigenvalue weighted by molar-refractivity contribution is -0.384. The highest BCUT2D eigenvalue weighted by atomic mass is 32.2. The van der Waals surface area contributed by atoms with Gasteiger partial charge in [0.05, 0.1) is 51.7 Å². The average molecular weight is 962 g/mol. The number of rotatable bonds is 14. The molecule has 67 heavy (non-hydrogen) atoms. The number of sulfonamides is 1. The van der Waals surface area contributed by atoms with Gasteiger partial charge >= 0.3 is 18.0 Å². The molecule has 1 aromatic heterocycles. The molecule has 2 aromatic rings. The maximum absolute atomic E-state index is 14.9. The van der Waals surface area contributed by atoms with Crippen molar-refractivity contribution in [1.29, 1.82) is 0 Å². The molecular weight excluding hydrogens is 895 g/mol. The summed E-state index contributed by atoms with van der Waals surface area (Å²) in [4.78, 5) is 75.1. The SMILES string of the molecule is CC[C@H]1OC(=O)[C@H](C)[C@@H](OC(=O)Cc2ccccn2)[C@H](C)[C@@H](O[C@@H]2O[C@H](C)C[C@H](N(C)C)[C@H]2O)[C@](C)(OC)C[C@@H](C)C(=O)[C@@H](C)[C@@H]2N(CCNS(=O)(=O)c3ccc([N+](=O)[O-])cc3)C(=O)O[C@@]21C. The molecule has 3 aliphatic rings. The Balaban J connectivity index is 1.57. The van der Waals surface area contributed by atoms with E-state index in [0.717, 1.165) is 24.3 Å². The van der Waals surface area contributed by atoms with Gasteiger partial charge in [0.25, 0.3) is 5.69 Å². The van der Waals surface area contributed by atoms with Crippen LogP contribution in [0.2, 0.25) is 0 Å². The molecule has 1 amide bonds. The third-order valence-electron chi connectivity index (χ3n) is 13.7. The molecule has 3 fully saturated rings. The van der Waals surface area contributed by atoms with E-state index in [9.17, 15) is 42.8 Å². The van der Waals surface area contributed by atoms with Gasteiger partial charge in [-0.25, -0.2) is 17.9 Å². The number of ether oxygens (including phenoxy) is 6. The van der Waals surface area contributed by atoms with E-state index in [4.69, 9.17) is 28.4 Å². The number of aliphatic hydroxyl groups is 1. The van der Waals surface area contributed by atoms with E-state index in [0.29, 0.717) is 12.1 Å². The van der Waals surface area contributed by atoms with Gasteiger partial charge in [0.1, 0.15) is 24.1 Å². The van der Waals surface area contributed by atoms with Crippen molar-refractivity contribution in [2.45, 2.75) is 146 Å². The summed E-state index contributed by atoms with van der Waals surface area (Å²) in [6, 6.07) is 7.90. The molecule has 5 rings (SSSR count). The van der Waals surface area contributed by atoms with Crippen LogP contribution in [-0.4, -0.2) is 151 Å². The number of hydrogen-bond acceptors (Lipinski definition) is 17. The number of aromatic nitrogens is 1. The zero-order valence-electron chi connectivity index (χ0n) is 40.1. The largest absolute Gasteiger partial charge is 0.461 e. The molecule has 20 nitrogen and oxygen atoms in total. The highest BCUT2D eigenvalue weighted by molar-refractivity contribution is 7.89. The number of fused-ring (bicyclic) bond motifs is 1. The second kappa shape index (κ2) is 21.8. The first-order valence-corrected chi connectivity index (χ1v) is 24.1. The number of cyclic esters (lactones) is 1. The predicted octanol–water partition coefficient (Wildman–Crippen LogP) is 4.06. The molecule has 0 saturated carbocycles. The number of amides is 1. The lowest BCUT2D eigenvalue weighted by atomic mass is 9.73. The summed E-state index contributed by atoms with van der Waals surface area (Å²) in [6.45, 7) is 12.9. The van der Waals surface area contributed by atoms with Crippen molar-refractivity contribution in [3.63, 3.8) is 0 Å². The van der Waals surface area contributed by atoms with Crippen LogP contribution in [-0.2, 0) is 59.2 Å². The van der Waals surface area contributed by atoms with Crippen LogP contribution in [0.4, 0.5) is 10.5 Å². The van der Waals surface area contributed by atoms with Crippen LogP contribution < -0.4 is 4.72 Å². The molecule has 372 valence electrons. The Bertz CT molecular complexity index is 2180. The van der Waals surface area contributed by atoms with E-state index in [1.807, 2.05) is 25.9 Å². The standard InChI is InChI=1S/C46H67N5O15S/c1-12-35-46(8)40(50(44(56)66-46)22-21-48-67(59,60)33-18-16-32(17-19-33)51(57)58)28(4)37(53)26(2)25-45(7,61-11)41(65-43-38(54)34(49(9)10)23-27(3)62-43)29(5)39(30(6)42(55)63-35)64-36(52)24-31-15-13-14-20-47-31/h13-20,26-30,34-35,38-41,43,48,54H,12,21-25H2,1-11H3/t26-,27-,28-,29+,30-,34+,35-,38-,39+,40+,41-,43+,45-,46-/m1/s1. The molecule has 21 heteroatoms. The number of pyridine rings is 1. The number of Topliss-reactive ketones (excluding diaryl/α,β-unsaturated/α-hetero) is 1. The summed E-state index contributed by atoms with van der Waals surface area (Å²) in [5, 5.41) is 22.9. The van der Waals surface area contributed by atoms with Crippen LogP contribution in [0, 0.1) is 33.8 Å². The zero-order chi connectivity index (χ0) is 49.8. The number of carbonyl (C=O) groups is 4. The van der Waals surface area contributed by atoms with Crippen LogP contribution in [0.1, 0.15) is 80.3 Å². The third kappa shape index (κ3) is 11.8. The lowest BCUT2D eigenvalue weighted by Gasteiger charge is -2.48. The second-order valence-corrected chi connectivity index (χ2v) is 20.5. The predicted molar refractivity (Wildman–Crippen MR) is 241 cm³/mol. The van der Waals surface area contributed by atoms with E-state index in [-0.39, 0.29) is 60.9 Å². The smallest absolute Gasteiger partial charge is 0.410 e. The third-order valence-corrected chi connectivity index (χ3v) is 15.1. The van der Waals surface area contributed by atoms with Gasteiger partial charge in [0, 0.05) is 62.3 Å². The summed E-state index contributed by atoms with van der Waals surface area (Å²) < 4.78 is 67.0. The van der Waals surface area contributed by atoms with E-state index in [1.54, 1.807) is 66.7 Å². The van der Waals surface area contributed by atoms with Crippen LogP contribution >= 0.6 is 0 Å². The molecule has 0 unspecified atom stereocenters. The summed E-state index contributed by atoms with van der Waals surface area (Å²) >= 11 is 0. The minimum absolute atomic E-state index is 0.00489. The van der Waals surface area contributed by atoms with E-state index in [1.165, 1.54) is 18.2 Å². The molecule has 1 aromatic carbocycles. The number of aliphatic hydroxyl groups excluding tert-OH is 1. The Morgan fingerprint density at radius 3 is 2.31 bits per heavy atom. The maximum atomic E-state index is 14.9. The Morgan fingerprint density at radius 2 is 1.73 bits per heavy atom. The topological polar surface area (TPSA) is 253 Å². The van der Waals surface area contributed by atoms with Crippen molar-refractivity contribution in [1.82, 2.24) is 19.5 Å². The van der Waals surface area contributed by atoms with E-state index >= 15 is 0 Å². The number of benzene rings is 1. The monoisotopic (exact) mass is 961 g/mol. The number of hydrogen-bond donors (Lipinski definition) is 2. The lowest BCUT2D eigenvalue weighted by Crippen LogP contribution is -2.61. The molecule has 0 bridgehead atoms. The van der Waals surface area contributed by atoms with Crippen molar-refractivity contribution in [2.75, 3.05) is 34.3 Å². The quantitative estimate of drug-likeness (QED) is 0.117. The Hall–Kier alpha value is -4.64. The van der Waals surface area contributed by atoms with Crippen LogP contribution in [0.5, 0.6) is 0 Å². The number of nitrogens with zero attached hydrogens (tertiary/aromatic N) is 4. The van der Waals surface area contributed by atoms with Crippen LogP contribution in [0.25, 0.3) is 0 Å². The molecule has 0 spiro atoms. The van der Waals surface area contributed by atoms with Crippen LogP contribution in [0.15, 0.2) is 53.6 Å². The second-order valence-electron chi connectivity index (χ2n) is 18.7. The minimum atomic E-state index is -4.22.